The van der Waals surface area contributed by atoms with E-state index in [1.807, 2.05) is 13.8 Å². The van der Waals surface area contributed by atoms with Crippen LogP contribution in [0.25, 0.3) is 0 Å². The van der Waals surface area contributed by atoms with Crippen molar-refractivity contribution in [1.29, 1.82) is 0 Å². The Kier molecular flexibility index (Phi) is 12.5. The summed E-state index contributed by atoms with van der Waals surface area (Å²) in [5.74, 6) is -0.207. The Morgan fingerprint density at radius 1 is 0.850 bits per heavy atom. The summed E-state index contributed by atoms with van der Waals surface area (Å²) in [4.78, 5) is 0. The van der Waals surface area contributed by atoms with E-state index in [9.17, 15) is 0 Å². The molecule has 0 aliphatic heterocycles. The second kappa shape index (κ2) is 12.6. The zero-order valence-corrected chi connectivity index (χ0v) is 14.4. The fourth-order valence-electron chi connectivity index (χ4n) is 2.72. The molecule has 0 bridgehead atoms. The smallest absolute Gasteiger partial charge is 0.170 e. The Morgan fingerprint density at radius 2 is 1.40 bits per heavy atom. The molecule has 0 fully saturated rings. The molecule has 0 rings (SSSR count). The minimum Gasteiger partial charge on any atom is -0.384 e. The van der Waals surface area contributed by atoms with Crippen molar-refractivity contribution in [2.75, 3.05) is 26.9 Å². The van der Waals surface area contributed by atoms with Crippen molar-refractivity contribution in [1.82, 2.24) is 0 Å². The lowest BCUT2D eigenvalue weighted by Crippen LogP contribution is -2.43. The van der Waals surface area contributed by atoms with E-state index in [2.05, 4.69) is 13.8 Å². The van der Waals surface area contributed by atoms with Crippen molar-refractivity contribution < 1.29 is 14.2 Å². The first-order chi connectivity index (χ1) is 9.64. The van der Waals surface area contributed by atoms with Gasteiger partial charge in [-0.05, 0) is 27.2 Å². The maximum absolute atomic E-state index is 5.88. The molecule has 3 nitrogen and oxygen atoms in total. The molecule has 0 aromatic rings. The lowest BCUT2D eigenvalue weighted by atomic mass is 9.93. The summed E-state index contributed by atoms with van der Waals surface area (Å²) in [6.07, 6.45) is 9.00. The van der Waals surface area contributed by atoms with Crippen LogP contribution in [0.5, 0.6) is 0 Å². The van der Waals surface area contributed by atoms with Gasteiger partial charge in [0.1, 0.15) is 0 Å². The Hall–Kier alpha value is -0.120. The summed E-state index contributed by atoms with van der Waals surface area (Å²) < 4.78 is 17.1. The standard InChI is InChI=1S/C17H36O3/c1-6-9-10-11-12-13-14-16(15-18-5)17(4,19-7-2)20-8-3/h16H,6-15H2,1-5H3. The average molecular weight is 288 g/mol. The highest BCUT2D eigenvalue weighted by Gasteiger charge is 2.35. The molecule has 0 radical (unpaired) electrons. The summed E-state index contributed by atoms with van der Waals surface area (Å²) >= 11 is 0. The van der Waals surface area contributed by atoms with Crippen molar-refractivity contribution in [3.63, 3.8) is 0 Å². The molecule has 0 aliphatic rings. The molecular formula is C17H36O3. The molecule has 0 spiro atoms. The summed E-state index contributed by atoms with van der Waals surface area (Å²) in [5, 5.41) is 0. The topological polar surface area (TPSA) is 27.7 Å². The van der Waals surface area contributed by atoms with E-state index in [4.69, 9.17) is 14.2 Å². The third kappa shape index (κ3) is 8.23. The van der Waals surface area contributed by atoms with E-state index >= 15 is 0 Å². The molecule has 122 valence electrons. The predicted octanol–water partition coefficient (Wildman–Crippen LogP) is 4.79. The van der Waals surface area contributed by atoms with Crippen LogP contribution in [0.4, 0.5) is 0 Å². The molecule has 0 N–H and O–H groups in total. The number of unbranched alkanes of at least 4 members (excludes halogenated alkanes) is 5. The van der Waals surface area contributed by atoms with Gasteiger partial charge in [0, 0.05) is 26.2 Å². The summed E-state index contributed by atoms with van der Waals surface area (Å²) in [6, 6.07) is 0. The Labute approximate surface area is 126 Å². The minimum absolute atomic E-state index is 0.304. The number of hydrogen-bond donors (Lipinski definition) is 0. The predicted molar refractivity (Wildman–Crippen MR) is 85.0 cm³/mol. The van der Waals surface area contributed by atoms with E-state index in [1.165, 1.54) is 38.5 Å². The van der Waals surface area contributed by atoms with Gasteiger partial charge in [0.2, 0.25) is 0 Å². The van der Waals surface area contributed by atoms with Crippen molar-refractivity contribution >= 4 is 0 Å². The Morgan fingerprint density at radius 3 is 1.90 bits per heavy atom. The third-order valence-corrected chi connectivity index (χ3v) is 3.88. The van der Waals surface area contributed by atoms with E-state index in [0.29, 0.717) is 25.7 Å². The molecule has 20 heavy (non-hydrogen) atoms. The van der Waals surface area contributed by atoms with E-state index in [1.54, 1.807) is 7.11 Å². The molecular weight excluding hydrogens is 252 g/mol. The summed E-state index contributed by atoms with van der Waals surface area (Å²) in [5.41, 5.74) is 0. The number of rotatable bonds is 14. The van der Waals surface area contributed by atoms with Gasteiger partial charge in [-0.1, -0.05) is 45.4 Å². The fraction of sp³-hybridized carbons (Fsp3) is 1.00. The zero-order valence-electron chi connectivity index (χ0n) is 14.4. The number of methoxy groups -OCH3 is 1. The Bertz CT molecular complexity index is 200. The van der Waals surface area contributed by atoms with E-state index in [0.717, 1.165) is 6.42 Å². The van der Waals surface area contributed by atoms with E-state index < -0.39 is 5.79 Å². The van der Waals surface area contributed by atoms with Gasteiger partial charge in [0.15, 0.2) is 5.79 Å². The van der Waals surface area contributed by atoms with Crippen molar-refractivity contribution in [3.8, 4) is 0 Å². The molecule has 3 heteroatoms. The fourth-order valence-corrected chi connectivity index (χ4v) is 2.72. The maximum Gasteiger partial charge on any atom is 0.170 e. The van der Waals surface area contributed by atoms with Crippen LogP contribution < -0.4 is 0 Å². The zero-order chi connectivity index (χ0) is 15.3. The molecule has 0 aliphatic carbocycles. The van der Waals surface area contributed by atoms with Crippen LogP contribution in [0, 0.1) is 5.92 Å². The first-order valence-corrected chi connectivity index (χ1v) is 8.41. The molecule has 0 aromatic carbocycles. The van der Waals surface area contributed by atoms with Crippen LogP contribution in [0.15, 0.2) is 0 Å². The van der Waals surface area contributed by atoms with Crippen molar-refractivity contribution in [3.05, 3.63) is 0 Å². The molecule has 0 saturated heterocycles. The van der Waals surface area contributed by atoms with Gasteiger partial charge < -0.3 is 14.2 Å². The molecule has 0 saturated carbocycles. The van der Waals surface area contributed by atoms with Crippen LogP contribution in [0.3, 0.4) is 0 Å². The van der Waals surface area contributed by atoms with E-state index in [-0.39, 0.29) is 0 Å². The highest BCUT2D eigenvalue weighted by atomic mass is 16.7. The molecule has 1 unspecified atom stereocenters. The van der Waals surface area contributed by atoms with Gasteiger partial charge in [0.05, 0.1) is 6.61 Å². The van der Waals surface area contributed by atoms with Gasteiger partial charge in [0.25, 0.3) is 0 Å². The summed E-state index contributed by atoms with van der Waals surface area (Å²) in [7, 11) is 1.76. The molecule has 0 heterocycles. The highest BCUT2D eigenvalue weighted by molar-refractivity contribution is 4.75. The normalized spacial score (nSPS) is 13.7. The first-order valence-electron chi connectivity index (χ1n) is 8.41. The van der Waals surface area contributed by atoms with Crippen molar-refractivity contribution in [2.45, 2.75) is 78.4 Å². The second-order valence-electron chi connectivity index (χ2n) is 5.59. The quantitative estimate of drug-likeness (QED) is 0.340. The maximum atomic E-state index is 5.88. The molecule has 0 amide bonds. The van der Waals surface area contributed by atoms with Crippen molar-refractivity contribution in [2.24, 2.45) is 5.92 Å². The lowest BCUT2D eigenvalue weighted by molar-refractivity contribution is -0.259. The molecule has 0 aromatic heterocycles. The van der Waals surface area contributed by atoms with Gasteiger partial charge >= 0.3 is 0 Å². The van der Waals surface area contributed by atoms with Gasteiger partial charge in [-0.25, -0.2) is 0 Å². The summed E-state index contributed by atoms with van der Waals surface area (Å²) in [6.45, 7) is 10.4. The SMILES string of the molecule is CCCCCCCCC(COC)C(C)(OCC)OCC. The third-order valence-electron chi connectivity index (χ3n) is 3.88. The van der Waals surface area contributed by atoms with Crippen LogP contribution in [0.2, 0.25) is 0 Å². The number of hydrogen-bond acceptors (Lipinski definition) is 3. The van der Waals surface area contributed by atoms with Gasteiger partial charge in [-0.3, -0.25) is 0 Å². The molecule has 1 atom stereocenters. The van der Waals surface area contributed by atoms with Gasteiger partial charge in [-0.2, -0.15) is 0 Å². The largest absolute Gasteiger partial charge is 0.384 e. The number of ether oxygens (including phenoxy) is 3. The Balaban J connectivity index is 4.22. The van der Waals surface area contributed by atoms with Gasteiger partial charge in [-0.15, -0.1) is 0 Å². The second-order valence-corrected chi connectivity index (χ2v) is 5.59. The minimum atomic E-state index is -0.511. The first kappa shape index (κ1) is 19.9. The van der Waals surface area contributed by atoms with Crippen LogP contribution in [-0.4, -0.2) is 32.7 Å². The lowest BCUT2D eigenvalue weighted by Gasteiger charge is -2.36. The monoisotopic (exact) mass is 288 g/mol. The van der Waals surface area contributed by atoms with Crippen LogP contribution >= 0.6 is 0 Å². The highest BCUT2D eigenvalue weighted by Crippen LogP contribution is 2.29. The average Bonchev–Trinajstić information content (AvgIpc) is 2.42. The van der Waals surface area contributed by atoms with Crippen LogP contribution in [-0.2, 0) is 14.2 Å². The van der Waals surface area contributed by atoms with Crippen LogP contribution in [0.1, 0.15) is 72.6 Å².